The number of carbonyl (C=O) groups is 1. The van der Waals surface area contributed by atoms with Crippen molar-refractivity contribution in [2.75, 3.05) is 7.11 Å². The van der Waals surface area contributed by atoms with E-state index in [1.165, 1.54) is 0 Å². The molecule has 4 rings (SSSR count). The van der Waals surface area contributed by atoms with E-state index < -0.39 is 0 Å². The molecule has 0 aliphatic rings. The highest BCUT2D eigenvalue weighted by Gasteiger charge is 2.21. The highest BCUT2D eigenvalue weighted by molar-refractivity contribution is 5.94. The molecule has 0 saturated carbocycles. The van der Waals surface area contributed by atoms with Gasteiger partial charge in [0.15, 0.2) is 5.65 Å². The quantitative estimate of drug-likeness (QED) is 0.544. The number of carbonyl (C=O) groups excluding carboxylic acids is 1. The van der Waals surface area contributed by atoms with Gasteiger partial charge in [-0.15, -0.1) is 0 Å². The van der Waals surface area contributed by atoms with Crippen molar-refractivity contribution < 1.29 is 9.53 Å². The van der Waals surface area contributed by atoms with Crippen LogP contribution in [-0.4, -0.2) is 33.2 Å². The van der Waals surface area contributed by atoms with Crippen molar-refractivity contribution >= 4 is 11.6 Å². The van der Waals surface area contributed by atoms with Gasteiger partial charge in [-0.25, -0.2) is 9.50 Å². The van der Waals surface area contributed by atoms with Crippen LogP contribution in [-0.2, 0) is 0 Å². The Bertz CT molecular complexity index is 1210. The molecule has 2 aromatic carbocycles. The van der Waals surface area contributed by atoms with Crippen molar-refractivity contribution in [2.24, 2.45) is 0 Å². The van der Waals surface area contributed by atoms with E-state index in [1.807, 2.05) is 81.4 Å². The summed E-state index contributed by atoms with van der Waals surface area (Å²) in [5.74, 6) is 0.465. The Labute approximate surface area is 175 Å². The molecule has 4 aromatic rings. The van der Waals surface area contributed by atoms with E-state index in [4.69, 9.17) is 9.84 Å². The van der Waals surface area contributed by atoms with Crippen LogP contribution < -0.4 is 10.1 Å². The Morgan fingerprint density at radius 3 is 2.40 bits per heavy atom. The fraction of sp³-hybridized carbons (Fsp3) is 0.208. The molecule has 0 unspecified atom stereocenters. The fourth-order valence-corrected chi connectivity index (χ4v) is 3.29. The van der Waals surface area contributed by atoms with Gasteiger partial charge in [0.1, 0.15) is 11.4 Å². The summed E-state index contributed by atoms with van der Waals surface area (Å²) >= 11 is 0. The van der Waals surface area contributed by atoms with E-state index in [9.17, 15) is 4.79 Å². The van der Waals surface area contributed by atoms with Gasteiger partial charge >= 0.3 is 0 Å². The predicted molar refractivity (Wildman–Crippen MR) is 118 cm³/mol. The van der Waals surface area contributed by atoms with Crippen molar-refractivity contribution in [3.05, 3.63) is 72.4 Å². The SMILES string of the molecule is COc1ccccc1-c1cc(C(=O)NC(C)(C)C)nc2cc(-c3ccccc3)nn12. The Hall–Kier alpha value is -3.67. The summed E-state index contributed by atoms with van der Waals surface area (Å²) < 4.78 is 7.32. The van der Waals surface area contributed by atoms with Gasteiger partial charge in [0.05, 0.1) is 18.5 Å². The number of nitrogens with one attached hydrogen (secondary N) is 1. The normalized spacial score (nSPS) is 11.5. The number of aromatic nitrogens is 3. The minimum absolute atomic E-state index is 0.233. The van der Waals surface area contributed by atoms with Crippen LogP contribution in [0.3, 0.4) is 0 Å². The molecule has 0 fully saturated rings. The van der Waals surface area contributed by atoms with E-state index in [2.05, 4.69) is 10.3 Å². The molecule has 1 amide bonds. The Kier molecular flexibility index (Phi) is 4.99. The lowest BCUT2D eigenvalue weighted by molar-refractivity contribution is 0.0914. The maximum Gasteiger partial charge on any atom is 0.270 e. The van der Waals surface area contributed by atoms with Crippen LogP contribution >= 0.6 is 0 Å². The maximum absolute atomic E-state index is 12.9. The zero-order valence-electron chi connectivity index (χ0n) is 17.5. The van der Waals surface area contributed by atoms with Crippen LogP contribution in [0.2, 0.25) is 0 Å². The lowest BCUT2D eigenvalue weighted by Gasteiger charge is -2.20. The highest BCUT2D eigenvalue weighted by atomic mass is 16.5. The zero-order valence-corrected chi connectivity index (χ0v) is 17.5. The lowest BCUT2D eigenvalue weighted by atomic mass is 10.1. The molecule has 2 heterocycles. The van der Waals surface area contributed by atoms with Gasteiger partial charge in [0.2, 0.25) is 0 Å². The summed E-state index contributed by atoms with van der Waals surface area (Å²) in [5, 5.41) is 7.76. The summed E-state index contributed by atoms with van der Waals surface area (Å²) in [6.07, 6.45) is 0. The molecular formula is C24H24N4O2. The third-order valence-corrected chi connectivity index (χ3v) is 4.60. The van der Waals surface area contributed by atoms with Crippen LogP contribution in [0, 0.1) is 0 Å². The number of ether oxygens (including phenoxy) is 1. The molecule has 0 aliphatic carbocycles. The summed E-state index contributed by atoms with van der Waals surface area (Å²) in [6, 6.07) is 21.2. The number of para-hydroxylation sites is 1. The standard InChI is InChI=1S/C24H24N4O2/c1-24(2,3)26-23(29)19-14-20(17-12-8-9-13-21(17)30-4)28-22(25-19)15-18(27-28)16-10-6-5-7-11-16/h5-15H,1-4H3,(H,26,29). The van der Waals surface area contributed by atoms with Gasteiger partial charge in [-0.1, -0.05) is 42.5 Å². The Morgan fingerprint density at radius 2 is 1.70 bits per heavy atom. The second kappa shape index (κ2) is 7.63. The molecule has 1 N–H and O–H groups in total. The highest BCUT2D eigenvalue weighted by Crippen LogP contribution is 2.31. The molecule has 30 heavy (non-hydrogen) atoms. The van der Waals surface area contributed by atoms with Crippen molar-refractivity contribution in [1.29, 1.82) is 0 Å². The molecule has 152 valence electrons. The van der Waals surface area contributed by atoms with Crippen molar-refractivity contribution in [2.45, 2.75) is 26.3 Å². The molecule has 0 aliphatic heterocycles. The first kappa shape index (κ1) is 19.6. The number of nitrogens with zero attached hydrogens (tertiary/aromatic N) is 3. The molecule has 0 bridgehead atoms. The number of methoxy groups -OCH3 is 1. The molecule has 6 nitrogen and oxygen atoms in total. The molecular weight excluding hydrogens is 376 g/mol. The van der Waals surface area contributed by atoms with Crippen molar-refractivity contribution in [1.82, 2.24) is 19.9 Å². The maximum atomic E-state index is 12.9. The van der Waals surface area contributed by atoms with Gasteiger partial charge in [0, 0.05) is 22.7 Å². The van der Waals surface area contributed by atoms with Gasteiger partial charge in [-0.3, -0.25) is 4.79 Å². The van der Waals surface area contributed by atoms with Crippen LogP contribution in [0.1, 0.15) is 31.3 Å². The third-order valence-electron chi connectivity index (χ3n) is 4.60. The number of benzene rings is 2. The van der Waals surface area contributed by atoms with Crippen LogP contribution in [0.25, 0.3) is 28.2 Å². The van der Waals surface area contributed by atoms with Gasteiger partial charge in [0.25, 0.3) is 5.91 Å². The zero-order chi connectivity index (χ0) is 21.3. The minimum atomic E-state index is -0.370. The molecule has 0 atom stereocenters. The van der Waals surface area contributed by atoms with Crippen molar-refractivity contribution in [3.8, 4) is 28.3 Å². The number of rotatable bonds is 4. The smallest absolute Gasteiger partial charge is 0.270 e. The average Bonchev–Trinajstić information content (AvgIpc) is 3.17. The average molecular weight is 400 g/mol. The predicted octanol–water partition coefficient (Wildman–Crippen LogP) is 4.60. The van der Waals surface area contributed by atoms with E-state index in [0.717, 1.165) is 22.5 Å². The largest absolute Gasteiger partial charge is 0.496 e. The summed E-state index contributed by atoms with van der Waals surface area (Å²) in [4.78, 5) is 17.5. The number of hydrogen-bond acceptors (Lipinski definition) is 4. The fourth-order valence-electron chi connectivity index (χ4n) is 3.29. The molecule has 0 saturated heterocycles. The number of hydrogen-bond donors (Lipinski definition) is 1. The molecule has 0 spiro atoms. The molecule has 2 aromatic heterocycles. The second-order valence-corrected chi connectivity index (χ2v) is 8.10. The van der Waals surface area contributed by atoms with E-state index in [-0.39, 0.29) is 11.4 Å². The van der Waals surface area contributed by atoms with Crippen LogP contribution in [0.5, 0.6) is 5.75 Å². The van der Waals surface area contributed by atoms with Gasteiger partial charge in [-0.2, -0.15) is 5.10 Å². The van der Waals surface area contributed by atoms with E-state index in [1.54, 1.807) is 17.7 Å². The first-order valence-corrected chi connectivity index (χ1v) is 9.78. The Morgan fingerprint density at radius 1 is 1.00 bits per heavy atom. The van der Waals surface area contributed by atoms with E-state index >= 15 is 0 Å². The summed E-state index contributed by atoms with van der Waals surface area (Å²) in [7, 11) is 1.63. The van der Waals surface area contributed by atoms with Gasteiger partial charge in [-0.05, 0) is 39.0 Å². The number of amides is 1. The topological polar surface area (TPSA) is 68.5 Å². The van der Waals surface area contributed by atoms with Crippen LogP contribution in [0.15, 0.2) is 66.7 Å². The molecule has 6 heteroatoms. The first-order valence-electron chi connectivity index (χ1n) is 9.78. The number of fused-ring (bicyclic) bond motifs is 1. The van der Waals surface area contributed by atoms with Crippen molar-refractivity contribution in [3.63, 3.8) is 0 Å². The van der Waals surface area contributed by atoms with Gasteiger partial charge < -0.3 is 10.1 Å². The lowest BCUT2D eigenvalue weighted by Crippen LogP contribution is -2.41. The Balaban J connectivity index is 1.94. The second-order valence-electron chi connectivity index (χ2n) is 8.10. The minimum Gasteiger partial charge on any atom is -0.496 e. The first-order chi connectivity index (χ1) is 14.4. The van der Waals surface area contributed by atoms with E-state index in [0.29, 0.717) is 17.1 Å². The third kappa shape index (κ3) is 3.89. The monoisotopic (exact) mass is 400 g/mol. The summed E-state index contributed by atoms with van der Waals surface area (Å²) in [5.41, 5.74) is 3.89. The molecule has 0 radical (unpaired) electrons. The van der Waals surface area contributed by atoms with Crippen LogP contribution in [0.4, 0.5) is 0 Å². The summed E-state index contributed by atoms with van der Waals surface area (Å²) in [6.45, 7) is 5.82.